The van der Waals surface area contributed by atoms with Crippen LogP contribution in [-0.2, 0) is 6.42 Å². The summed E-state index contributed by atoms with van der Waals surface area (Å²) in [5.74, 6) is 0.254. The van der Waals surface area contributed by atoms with E-state index in [1.807, 2.05) is 13.8 Å². The molecule has 0 bridgehead atoms. The van der Waals surface area contributed by atoms with Crippen molar-refractivity contribution in [3.05, 3.63) is 53.0 Å². The Bertz CT molecular complexity index is 635. The standard InChI is InChI=1S/C16H19FN2O2/c1-10(2)14-15(21-11(3)19-14)16(20)18-9-8-12-6-4-5-7-13(12)17/h4-7,10H,8-9H2,1-3H3,(H,18,20). The number of rotatable bonds is 5. The van der Waals surface area contributed by atoms with Crippen LogP contribution in [0, 0.1) is 12.7 Å². The van der Waals surface area contributed by atoms with Crippen molar-refractivity contribution in [3.8, 4) is 0 Å². The molecule has 0 aliphatic rings. The molecule has 0 aliphatic carbocycles. The number of amides is 1. The molecule has 0 saturated heterocycles. The lowest BCUT2D eigenvalue weighted by Gasteiger charge is -2.06. The maximum atomic E-state index is 13.5. The lowest BCUT2D eigenvalue weighted by Crippen LogP contribution is -2.26. The second-order valence-corrected chi connectivity index (χ2v) is 5.20. The van der Waals surface area contributed by atoms with Gasteiger partial charge in [0.15, 0.2) is 5.89 Å². The molecule has 0 saturated carbocycles. The van der Waals surface area contributed by atoms with Crippen LogP contribution in [0.25, 0.3) is 0 Å². The molecular formula is C16H19FN2O2. The summed E-state index contributed by atoms with van der Waals surface area (Å²) in [7, 11) is 0. The summed E-state index contributed by atoms with van der Waals surface area (Å²) in [6.07, 6.45) is 0.433. The molecule has 4 nitrogen and oxygen atoms in total. The molecule has 2 aromatic rings. The fourth-order valence-electron chi connectivity index (χ4n) is 2.09. The van der Waals surface area contributed by atoms with Gasteiger partial charge in [0.2, 0.25) is 5.76 Å². The van der Waals surface area contributed by atoms with Gasteiger partial charge in [-0.05, 0) is 24.0 Å². The van der Waals surface area contributed by atoms with Crippen molar-refractivity contribution in [2.45, 2.75) is 33.1 Å². The molecule has 1 heterocycles. The van der Waals surface area contributed by atoms with E-state index in [2.05, 4.69) is 10.3 Å². The smallest absolute Gasteiger partial charge is 0.289 e. The van der Waals surface area contributed by atoms with Crippen molar-refractivity contribution in [2.75, 3.05) is 6.54 Å². The second-order valence-electron chi connectivity index (χ2n) is 5.20. The van der Waals surface area contributed by atoms with Crippen LogP contribution < -0.4 is 5.32 Å². The Balaban J connectivity index is 1.98. The molecule has 0 aliphatic heterocycles. The Morgan fingerprint density at radius 1 is 1.38 bits per heavy atom. The maximum absolute atomic E-state index is 13.5. The number of carbonyl (C=O) groups is 1. The summed E-state index contributed by atoms with van der Waals surface area (Å²) in [5, 5.41) is 2.74. The summed E-state index contributed by atoms with van der Waals surface area (Å²) in [4.78, 5) is 16.3. The number of nitrogens with one attached hydrogen (secondary N) is 1. The summed E-state index contributed by atoms with van der Waals surface area (Å²) in [6, 6.07) is 6.54. The highest BCUT2D eigenvalue weighted by atomic mass is 19.1. The molecule has 0 fully saturated rings. The lowest BCUT2D eigenvalue weighted by atomic mass is 10.1. The minimum Gasteiger partial charge on any atom is -0.436 e. The number of carbonyl (C=O) groups excluding carboxylic acids is 1. The monoisotopic (exact) mass is 290 g/mol. The predicted molar refractivity (Wildman–Crippen MR) is 77.8 cm³/mol. The van der Waals surface area contributed by atoms with Crippen LogP contribution in [0.1, 0.15) is 47.5 Å². The van der Waals surface area contributed by atoms with Crippen LogP contribution in [-0.4, -0.2) is 17.4 Å². The molecule has 21 heavy (non-hydrogen) atoms. The molecule has 0 radical (unpaired) electrons. The van der Waals surface area contributed by atoms with Gasteiger partial charge in [-0.2, -0.15) is 0 Å². The van der Waals surface area contributed by atoms with Crippen LogP contribution >= 0.6 is 0 Å². The van der Waals surface area contributed by atoms with Crippen molar-refractivity contribution in [1.82, 2.24) is 10.3 Å². The van der Waals surface area contributed by atoms with E-state index in [1.54, 1.807) is 25.1 Å². The minimum absolute atomic E-state index is 0.106. The summed E-state index contributed by atoms with van der Waals surface area (Å²) < 4.78 is 18.8. The van der Waals surface area contributed by atoms with Gasteiger partial charge in [-0.1, -0.05) is 32.0 Å². The highest BCUT2D eigenvalue weighted by Crippen LogP contribution is 2.19. The van der Waals surface area contributed by atoms with E-state index in [0.29, 0.717) is 30.1 Å². The van der Waals surface area contributed by atoms with Gasteiger partial charge in [0.25, 0.3) is 5.91 Å². The van der Waals surface area contributed by atoms with Gasteiger partial charge in [-0.3, -0.25) is 4.79 Å². The summed E-state index contributed by atoms with van der Waals surface area (Å²) >= 11 is 0. The molecule has 1 aromatic heterocycles. The van der Waals surface area contributed by atoms with Crippen molar-refractivity contribution in [2.24, 2.45) is 0 Å². The first-order valence-electron chi connectivity index (χ1n) is 6.98. The van der Waals surface area contributed by atoms with Crippen molar-refractivity contribution in [1.29, 1.82) is 0 Å². The Morgan fingerprint density at radius 3 is 2.76 bits per heavy atom. The van der Waals surface area contributed by atoms with Gasteiger partial charge in [0.1, 0.15) is 5.82 Å². The van der Waals surface area contributed by atoms with Gasteiger partial charge in [0.05, 0.1) is 5.69 Å². The summed E-state index contributed by atoms with van der Waals surface area (Å²) in [6.45, 7) is 5.96. The van der Waals surface area contributed by atoms with E-state index >= 15 is 0 Å². The second kappa shape index (κ2) is 6.52. The van der Waals surface area contributed by atoms with E-state index in [0.717, 1.165) is 0 Å². The van der Waals surface area contributed by atoms with E-state index in [-0.39, 0.29) is 23.4 Å². The SMILES string of the molecule is Cc1nc(C(C)C)c(C(=O)NCCc2ccccc2F)o1. The van der Waals surface area contributed by atoms with Crippen LogP contribution in [0.2, 0.25) is 0 Å². The normalized spacial score (nSPS) is 10.9. The topological polar surface area (TPSA) is 55.1 Å². The lowest BCUT2D eigenvalue weighted by molar-refractivity contribution is 0.0923. The van der Waals surface area contributed by atoms with E-state index in [4.69, 9.17) is 4.42 Å². The van der Waals surface area contributed by atoms with Crippen LogP contribution in [0.5, 0.6) is 0 Å². The third kappa shape index (κ3) is 3.68. The molecule has 1 amide bonds. The number of hydrogen-bond donors (Lipinski definition) is 1. The highest BCUT2D eigenvalue weighted by molar-refractivity contribution is 5.92. The van der Waals surface area contributed by atoms with Gasteiger partial charge in [-0.25, -0.2) is 9.37 Å². The fraction of sp³-hybridized carbons (Fsp3) is 0.375. The third-order valence-electron chi connectivity index (χ3n) is 3.15. The van der Waals surface area contributed by atoms with E-state index in [1.165, 1.54) is 6.07 Å². The van der Waals surface area contributed by atoms with Gasteiger partial charge >= 0.3 is 0 Å². The zero-order valence-electron chi connectivity index (χ0n) is 12.4. The van der Waals surface area contributed by atoms with Crippen molar-refractivity contribution < 1.29 is 13.6 Å². The average molecular weight is 290 g/mol. The van der Waals surface area contributed by atoms with Gasteiger partial charge in [-0.15, -0.1) is 0 Å². The number of hydrogen-bond acceptors (Lipinski definition) is 3. The first-order valence-corrected chi connectivity index (χ1v) is 6.98. The van der Waals surface area contributed by atoms with Crippen molar-refractivity contribution in [3.63, 3.8) is 0 Å². The van der Waals surface area contributed by atoms with Crippen LogP contribution in [0.4, 0.5) is 4.39 Å². The molecule has 0 atom stereocenters. The third-order valence-corrected chi connectivity index (χ3v) is 3.15. The molecule has 0 spiro atoms. The number of benzene rings is 1. The number of nitrogens with zero attached hydrogens (tertiary/aromatic N) is 1. The quantitative estimate of drug-likeness (QED) is 0.920. The average Bonchev–Trinajstić information content (AvgIpc) is 2.83. The number of aryl methyl sites for hydroxylation is 1. The predicted octanol–water partition coefficient (Wildman–Crippen LogP) is 3.22. The van der Waals surface area contributed by atoms with E-state index in [9.17, 15) is 9.18 Å². The Hall–Kier alpha value is -2.17. The molecule has 2 rings (SSSR count). The molecule has 112 valence electrons. The fourth-order valence-corrected chi connectivity index (χ4v) is 2.09. The zero-order chi connectivity index (χ0) is 15.4. The number of halogens is 1. The Kier molecular flexibility index (Phi) is 4.73. The largest absolute Gasteiger partial charge is 0.436 e. The van der Waals surface area contributed by atoms with Crippen molar-refractivity contribution >= 4 is 5.91 Å². The van der Waals surface area contributed by atoms with E-state index < -0.39 is 0 Å². The first-order chi connectivity index (χ1) is 9.99. The molecule has 1 aromatic carbocycles. The number of oxazole rings is 1. The highest BCUT2D eigenvalue weighted by Gasteiger charge is 2.20. The summed E-state index contributed by atoms with van der Waals surface area (Å²) in [5.41, 5.74) is 1.23. The first kappa shape index (κ1) is 15.2. The van der Waals surface area contributed by atoms with Gasteiger partial charge in [0, 0.05) is 13.5 Å². The minimum atomic E-state index is -0.310. The van der Waals surface area contributed by atoms with Crippen LogP contribution in [0.15, 0.2) is 28.7 Å². The maximum Gasteiger partial charge on any atom is 0.289 e. The van der Waals surface area contributed by atoms with Gasteiger partial charge < -0.3 is 9.73 Å². The Morgan fingerprint density at radius 2 is 2.10 bits per heavy atom. The zero-order valence-corrected chi connectivity index (χ0v) is 12.4. The Labute approximate surface area is 123 Å². The molecule has 5 heteroatoms. The molecular weight excluding hydrogens is 271 g/mol. The molecule has 1 N–H and O–H groups in total. The number of aromatic nitrogens is 1. The van der Waals surface area contributed by atoms with Crippen LogP contribution in [0.3, 0.4) is 0 Å². The molecule has 0 unspecified atom stereocenters.